The maximum Gasteiger partial charge on any atom is 0.347 e. The Morgan fingerprint density at radius 1 is 1.47 bits per heavy atom. The van der Waals surface area contributed by atoms with E-state index in [1.807, 2.05) is 13.0 Å². The van der Waals surface area contributed by atoms with Gasteiger partial charge < -0.3 is 5.11 Å². The summed E-state index contributed by atoms with van der Waals surface area (Å²) in [6.07, 6.45) is 2.77. The predicted molar refractivity (Wildman–Crippen MR) is 75.1 cm³/mol. The van der Waals surface area contributed by atoms with E-state index in [4.69, 9.17) is 0 Å². The Bertz CT molecular complexity index is 633. The highest BCUT2D eigenvalue weighted by Crippen LogP contribution is 2.40. The van der Waals surface area contributed by atoms with Crippen molar-refractivity contribution in [1.29, 1.82) is 0 Å². The molecule has 0 aliphatic heterocycles. The van der Waals surface area contributed by atoms with Crippen molar-refractivity contribution in [2.75, 3.05) is 0 Å². The number of nitrogens with zero attached hydrogens (tertiary/aromatic N) is 1. The molecule has 1 heterocycles. The highest BCUT2D eigenvalue weighted by atomic mass is 32.1. The molecular weight excluding hydrogens is 258 g/mol. The molecule has 0 radical (unpaired) electrons. The van der Waals surface area contributed by atoms with Crippen LogP contribution in [0, 0.1) is 0 Å². The number of thiazole rings is 1. The van der Waals surface area contributed by atoms with Gasteiger partial charge in [-0.15, -0.1) is 11.3 Å². The number of hydrogen-bond acceptors (Lipinski definition) is 3. The highest BCUT2D eigenvalue weighted by molar-refractivity contribution is 7.13. The van der Waals surface area contributed by atoms with Gasteiger partial charge in [0.15, 0.2) is 0 Å². The monoisotopic (exact) mass is 273 g/mol. The maximum atomic E-state index is 11.2. The van der Waals surface area contributed by atoms with Gasteiger partial charge in [0, 0.05) is 5.92 Å². The summed E-state index contributed by atoms with van der Waals surface area (Å²) in [5, 5.41) is 10.2. The van der Waals surface area contributed by atoms with Crippen LogP contribution < -0.4 is 0 Å². The van der Waals surface area contributed by atoms with Crippen molar-refractivity contribution in [3.05, 3.63) is 51.0 Å². The van der Waals surface area contributed by atoms with Crippen LogP contribution in [0.4, 0.5) is 0 Å². The smallest absolute Gasteiger partial charge is 0.347 e. The zero-order valence-electron chi connectivity index (χ0n) is 10.7. The van der Waals surface area contributed by atoms with Crippen molar-refractivity contribution in [3.8, 4) is 0 Å². The number of carbonyl (C=O) groups is 1. The number of rotatable bonds is 3. The highest BCUT2D eigenvalue weighted by Gasteiger charge is 2.28. The summed E-state index contributed by atoms with van der Waals surface area (Å²) in [6.45, 7) is 1.95. The zero-order valence-corrected chi connectivity index (χ0v) is 11.5. The van der Waals surface area contributed by atoms with Crippen LogP contribution >= 0.6 is 11.3 Å². The summed E-state index contributed by atoms with van der Waals surface area (Å²) in [7, 11) is 0. The second-order valence-electron chi connectivity index (χ2n) is 4.78. The first-order valence-electron chi connectivity index (χ1n) is 6.51. The lowest BCUT2D eigenvalue weighted by Crippen LogP contribution is -1.97. The molecule has 1 N–H and O–H groups in total. The van der Waals surface area contributed by atoms with Crippen molar-refractivity contribution < 1.29 is 9.90 Å². The number of hydrogen-bond donors (Lipinski definition) is 1. The van der Waals surface area contributed by atoms with E-state index >= 15 is 0 Å². The van der Waals surface area contributed by atoms with Gasteiger partial charge in [-0.1, -0.05) is 31.2 Å². The van der Waals surface area contributed by atoms with Gasteiger partial charge in [0.25, 0.3) is 0 Å². The Hall–Kier alpha value is -1.68. The summed E-state index contributed by atoms with van der Waals surface area (Å²) < 4.78 is 0. The second kappa shape index (κ2) is 4.78. The number of aromatic nitrogens is 1. The first-order chi connectivity index (χ1) is 9.20. The molecule has 1 atom stereocenters. The molecule has 2 aromatic rings. The molecule has 0 saturated heterocycles. The molecule has 1 unspecified atom stereocenters. The Labute approximate surface area is 115 Å². The molecule has 0 saturated carbocycles. The van der Waals surface area contributed by atoms with Crippen LogP contribution in [0.25, 0.3) is 0 Å². The van der Waals surface area contributed by atoms with Crippen LogP contribution in [0.3, 0.4) is 0 Å². The van der Waals surface area contributed by atoms with E-state index in [-0.39, 0.29) is 5.92 Å². The Morgan fingerprint density at radius 3 is 2.95 bits per heavy atom. The summed E-state index contributed by atoms with van der Waals surface area (Å²) in [5.41, 5.74) is 3.41. The third kappa shape index (κ3) is 2.06. The minimum absolute atomic E-state index is 0.277. The molecule has 98 valence electrons. The average molecular weight is 273 g/mol. The van der Waals surface area contributed by atoms with E-state index in [9.17, 15) is 9.90 Å². The van der Waals surface area contributed by atoms with E-state index in [1.54, 1.807) is 0 Å². The number of benzene rings is 1. The van der Waals surface area contributed by atoms with Crippen LogP contribution in [-0.2, 0) is 12.8 Å². The molecule has 1 aliphatic rings. The number of carboxylic acid groups (broad SMARTS) is 1. The van der Waals surface area contributed by atoms with Gasteiger partial charge in [0.2, 0.25) is 0 Å². The minimum atomic E-state index is -0.855. The van der Waals surface area contributed by atoms with Gasteiger partial charge >= 0.3 is 5.97 Å². The third-order valence-electron chi connectivity index (χ3n) is 3.67. The zero-order chi connectivity index (χ0) is 13.4. The maximum absolute atomic E-state index is 11.2. The summed E-state index contributed by atoms with van der Waals surface area (Å²) in [4.78, 5) is 16.2. The fourth-order valence-electron chi connectivity index (χ4n) is 2.74. The van der Waals surface area contributed by atoms with E-state index < -0.39 is 5.97 Å². The number of carboxylic acids is 1. The van der Waals surface area contributed by atoms with Crippen molar-refractivity contribution in [1.82, 2.24) is 4.98 Å². The standard InChI is InChI=1S/C15H15NO2S/c1-2-12-13(15(17)18)19-14(16-12)11-8-7-9-5-3-4-6-10(9)11/h3-6,11H,2,7-8H2,1H3,(H,17,18). The largest absolute Gasteiger partial charge is 0.477 e. The number of aromatic carboxylic acids is 1. The van der Waals surface area contributed by atoms with Gasteiger partial charge in [0.05, 0.1) is 5.69 Å². The van der Waals surface area contributed by atoms with Gasteiger partial charge in [-0.2, -0.15) is 0 Å². The fourth-order valence-corrected chi connectivity index (χ4v) is 3.89. The number of fused-ring (bicyclic) bond motifs is 1. The molecule has 0 amide bonds. The lowest BCUT2D eigenvalue weighted by molar-refractivity contribution is 0.0701. The third-order valence-corrected chi connectivity index (χ3v) is 4.87. The topological polar surface area (TPSA) is 50.2 Å². The van der Waals surface area contributed by atoms with Crippen LogP contribution in [0.2, 0.25) is 0 Å². The van der Waals surface area contributed by atoms with Gasteiger partial charge in [-0.05, 0) is 30.4 Å². The van der Waals surface area contributed by atoms with E-state index in [0.717, 1.165) is 23.5 Å². The second-order valence-corrected chi connectivity index (χ2v) is 5.81. The van der Waals surface area contributed by atoms with Gasteiger partial charge in [-0.3, -0.25) is 0 Å². The molecular formula is C15H15NO2S. The molecule has 1 aromatic heterocycles. The molecule has 3 nitrogen and oxygen atoms in total. The molecule has 0 fully saturated rings. The van der Waals surface area contributed by atoms with Crippen molar-refractivity contribution in [2.24, 2.45) is 0 Å². The quantitative estimate of drug-likeness (QED) is 0.931. The van der Waals surface area contributed by atoms with E-state index in [2.05, 4.69) is 23.2 Å². The lowest BCUT2D eigenvalue weighted by Gasteiger charge is -2.07. The Morgan fingerprint density at radius 2 is 2.26 bits per heavy atom. The Balaban J connectivity index is 2.03. The minimum Gasteiger partial charge on any atom is -0.477 e. The van der Waals surface area contributed by atoms with Gasteiger partial charge in [0.1, 0.15) is 9.88 Å². The predicted octanol–water partition coefficient (Wildman–Crippen LogP) is 3.48. The van der Waals surface area contributed by atoms with Crippen molar-refractivity contribution >= 4 is 17.3 Å². The van der Waals surface area contributed by atoms with Crippen molar-refractivity contribution in [3.63, 3.8) is 0 Å². The summed E-state index contributed by atoms with van der Waals surface area (Å²) >= 11 is 1.34. The normalized spacial score (nSPS) is 17.4. The molecule has 1 aromatic carbocycles. The summed E-state index contributed by atoms with van der Waals surface area (Å²) in [6, 6.07) is 8.40. The first kappa shape index (κ1) is 12.4. The first-order valence-corrected chi connectivity index (χ1v) is 7.33. The molecule has 4 heteroatoms. The van der Waals surface area contributed by atoms with Crippen LogP contribution in [0.15, 0.2) is 24.3 Å². The fraction of sp³-hybridized carbons (Fsp3) is 0.333. The average Bonchev–Trinajstić information content (AvgIpc) is 3.01. The number of aryl methyl sites for hydroxylation is 2. The van der Waals surface area contributed by atoms with E-state index in [0.29, 0.717) is 11.3 Å². The van der Waals surface area contributed by atoms with Crippen LogP contribution in [0.5, 0.6) is 0 Å². The Kier molecular flexibility index (Phi) is 3.11. The SMILES string of the molecule is CCc1nc(C2CCc3ccccc32)sc1C(=O)O. The van der Waals surface area contributed by atoms with E-state index in [1.165, 1.54) is 22.5 Å². The van der Waals surface area contributed by atoms with Crippen LogP contribution in [-0.4, -0.2) is 16.1 Å². The molecule has 3 rings (SSSR count). The van der Waals surface area contributed by atoms with Gasteiger partial charge in [-0.25, -0.2) is 9.78 Å². The summed E-state index contributed by atoms with van der Waals surface area (Å²) in [5.74, 6) is -0.577. The van der Waals surface area contributed by atoms with Crippen LogP contribution in [0.1, 0.15) is 50.8 Å². The molecule has 0 spiro atoms. The lowest BCUT2D eigenvalue weighted by atomic mass is 10.0. The van der Waals surface area contributed by atoms with Crippen molar-refractivity contribution in [2.45, 2.75) is 32.1 Å². The molecule has 1 aliphatic carbocycles. The molecule has 0 bridgehead atoms. The molecule has 19 heavy (non-hydrogen) atoms.